The van der Waals surface area contributed by atoms with Crippen molar-refractivity contribution in [3.8, 4) is 11.8 Å². The topological polar surface area (TPSA) is 46.3 Å². The number of nitrogens with zero attached hydrogens (tertiary/aromatic N) is 1. The predicted octanol–water partition coefficient (Wildman–Crippen LogP) is 2.85. The van der Waals surface area contributed by atoms with E-state index in [1.54, 1.807) is 0 Å². The van der Waals surface area contributed by atoms with Gasteiger partial charge in [-0.2, -0.15) is 0 Å². The van der Waals surface area contributed by atoms with Gasteiger partial charge < -0.3 is 10.6 Å². The van der Waals surface area contributed by atoms with Gasteiger partial charge in [0.25, 0.3) is 5.91 Å². The van der Waals surface area contributed by atoms with Crippen molar-refractivity contribution < 1.29 is 4.79 Å². The van der Waals surface area contributed by atoms with Crippen LogP contribution < -0.4 is 5.73 Å². The van der Waals surface area contributed by atoms with Crippen LogP contribution in [0.5, 0.6) is 0 Å². The number of likely N-dealkylation sites (tertiary alicyclic amines) is 1. The van der Waals surface area contributed by atoms with E-state index in [0.29, 0.717) is 12.6 Å². The number of hydrogen-bond acceptors (Lipinski definition) is 3. The van der Waals surface area contributed by atoms with E-state index in [1.165, 1.54) is 24.2 Å². The normalized spacial score (nSPS) is 19.1. The summed E-state index contributed by atoms with van der Waals surface area (Å²) >= 11 is 1.47. The van der Waals surface area contributed by atoms with Gasteiger partial charge in [0.05, 0.1) is 16.3 Å². The first-order valence-electron chi connectivity index (χ1n) is 7.36. The molecule has 3 nitrogen and oxygen atoms in total. The Kier molecular flexibility index (Phi) is 5.63. The maximum atomic E-state index is 12.7. The molecular formula is C16H22N2OS. The maximum Gasteiger partial charge on any atom is 0.264 e. The minimum absolute atomic E-state index is 0.171. The highest BCUT2D eigenvalue weighted by Gasteiger charge is 2.25. The molecule has 0 saturated carbocycles. The molecule has 2 heterocycles. The van der Waals surface area contributed by atoms with Crippen LogP contribution in [0, 0.1) is 11.8 Å². The Hall–Kier alpha value is -1.31. The number of thiophene rings is 1. The SMILES string of the molecule is CCC1CCCCCN1C(=O)c1ccc(C#CCN)s1. The summed E-state index contributed by atoms with van der Waals surface area (Å²) in [7, 11) is 0. The Morgan fingerprint density at radius 2 is 2.30 bits per heavy atom. The van der Waals surface area contributed by atoms with E-state index in [2.05, 4.69) is 23.7 Å². The van der Waals surface area contributed by atoms with Crippen LogP contribution in [0.3, 0.4) is 0 Å². The van der Waals surface area contributed by atoms with E-state index in [0.717, 1.165) is 35.6 Å². The second kappa shape index (κ2) is 7.47. The van der Waals surface area contributed by atoms with Crippen molar-refractivity contribution >= 4 is 17.2 Å². The largest absolute Gasteiger partial charge is 0.335 e. The molecule has 108 valence electrons. The zero-order chi connectivity index (χ0) is 14.4. The van der Waals surface area contributed by atoms with Crippen molar-refractivity contribution in [2.75, 3.05) is 13.1 Å². The second-order valence-corrected chi connectivity index (χ2v) is 6.16. The van der Waals surface area contributed by atoms with Crippen molar-refractivity contribution in [2.24, 2.45) is 5.73 Å². The molecular weight excluding hydrogens is 268 g/mol. The van der Waals surface area contributed by atoms with Crippen molar-refractivity contribution in [3.63, 3.8) is 0 Å². The Balaban J connectivity index is 2.14. The van der Waals surface area contributed by atoms with Gasteiger partial charge in [-0.3, -0.25) is 4.79 Å². The molecule has 0 aliphatic carbocycles. The highest BCUT2D eigenvalue weighted by atomic mass is 32.1. The van der Waals surface area contributed by atoms with Crippen LogP contribution in [-0.2, 0) is 0 Å². The minimum Gasteiger partial charge on any atom is -0.335 e. The highest BCUT2D eigenvalue weighted by molar-refractivity contribution is 7.14. The van der Waals surface area contributed by atoms with Crippen LogP contribution in [0.2, 0.25) is 0 Å². The van der Waals surface area contributed by atoms with Crippen molar-refractivity contribution in [1.82, 2.24) is 4.90 Å². The first-order valence-corrected chi connectivity index (χ1v) is 8.17. The minimum atomic E-state index is 0.171. The molecule has 2 N–H and O–H groups in total. The summed E-state index contributed by atoms with van der Waals surface area (Å²) in [4.78, 5) is 16.5. The van der Waals surface area contributed by atoms with Gasteiger partial charge in [-0.1, -0.05) is 31.6 Å². The molecule has 1 atom stereocenters. The summed E-state index contributed by atoms with van der Waals surface area (Å²) in [5.41, 5.74) is 5.37. The number of carbonyl (C=O) groups is 1. The van der Waals surface area contributed by atoms with Crippen molar-refractivity contribution in [1.29, 1.82) is 0 Å². The molecule has 1 saturated heterocycles. The number of rotatable bonds is 2. The van der Waals surface area contributed by atoms with E-state index < -0.39 is 0 Å². The summed E-state index contributed by atoms with van der Waals surface area (Å²) in [6.45, 7) is 3.41. The van der Waals surface area contributed by atoms with Gasteiger partial charge in [-0.15, -0.1) is 11.3 Å². The van der Waals surface area contributed by atoms with E-state index in [9.17, 15) is 4.79 Å². The third-order valence-electron chi connectivity index (χ3n) is 3.74. The molecule has 4 heteroatoms. The highest BCUT2D eigenvalue weighted by Crippen LogP contribution is 2.24. The van der Waals surface area contributed by atoms with E-state index in [4.69, 9.17) is 5.73 Å². The molecule has 2 rings (SSSR count). The van der Waals surface area contributed by atoms with Crippen LogP contribution in [0.25, 0.3) is 0 Å². The Bertz CT molecular complexity index is 512. The molecule has 0 radical (unpaired) electrons. The van der Waals surface area contributed by atoms with Gasteiger partial charge in [0.1, 0.15) is 0 Å². The lowest BCUT2D eigenvalue weighted by Gasteiger charge is -2.28. The molecule has 1 aliphatic heterocycles. The first kappa shape index (κ1) is 15.1. The molecule has 20 heavy (non-hydrogen) atoms. The average molecular weight is 290 g/mol. The van der Waals surface area contributed by atoms with Crippen LogP contribution in [0.4, 0.5) is 0 Å². The van der Waals surface area contributed by atoms with Crippen LogP contribution in [-0.4, -0.2) is 29.9 Å². The molecule has 1 fully saturated rings. The molecule has 1 aromatic heterocycles. The molecule has 1 aliphatic rings. The van der Waals surface area contributed by atoms with Crippen molar-refractivity contribution in [3.05, 3.63) is 21.9 Å². The fourth-order valence-electron chi connectivity index (χ4n) is 2.67. The molecule has 1 amide bonds. The molecule has 1 unspecified atom stereocenters. The van der Waals surface area contributed by atoms with Gasteiger partial charge >= 0.3 is 0 Å². The van der Waals surface area contributed by atoms with Crippen molar-refractivity contribution in [2.45, 2.75) is 45.1 Å². The fraction of sp³-hybridized carbons (Fsp3) is 0.562. The average Bonchev–Trinajstić information content (AvgIpc) is 2.81. The maximum absolute atomic E-state index is 12.7. The molecule has 0 bridgehead atoms. The second-order valence-electron chi connectivity index (χ2n) is 5.08. The number of amides is 1. The Morgan fingerprint density at radius 1 is 1.45 bits per heavy atom. The van der Waals surface area contributed by atoms with Gasteiger partial charge in [0.15, 0.2) is 0 Å². The summed E-state index contributed by atoms with van der Waals surface area (Å²) in [5, 5.41) is 0. The number of carbonyl (C=O) groups excluding carboxylic acids is 1. The monoisotopic (exact) mass is 290 g/mol. The third kappa shape index (κ3) is 3.62. The van der Waals surface area contributed by atoms with Gasteiger partial charge in [0.2, 0.25) is 0 Å². The van der Waals surface area contributed by atoms with Crippen LogP contribution >= 0.6 is 11.3 Å². The quantitative estimate of drug-likeness (QED) is 0.851. The van der Waals surface area contributed by atoms with E-state index in [1.807, 2.05) is 12.1 Å². The van der Waals surface area contributed by atoms with E-state index in [-0.39, 0.29) is 5.91 Å². The lowest BCUT2D eigenvalue weighted by Crippen LogP contribution is -2.39. The molecule has 1 aromatic rings. The third-order valence-corrected chi connectivity index (χ3v) is 4.73. The first-order chi connectivity index (χ1) is 9.76. The zero-order valence-corrected chi connectivity index (χ0v) is 12.8. The predicted molar refractivity (Wildman–Crippen MR) is 83.8 cm³/mol. The lowest BCUT2D eigenvalue weighted by molar-refractivity contribution is 0.0683. The van der Waals surface area contributed by atoms with Gasteiger partial charge in [-0.05, 0) is 31.4 Å². The molecule has 0 spiro atoms. The summed E-state index contributed by atoms with van der Waals surface area (Å²) in [6.07, 6.45) is 5.76. The summed E-state index contributed by atoms with van der Waals surface area (Å²) < 4.78 is 0. The summed E-state index contributed by atoms with van der Waals surface area (Å²) in [6, 6.07) is 4.20. The Morgan fingerprint density at radius 3 is 3.05 bits per heavy atom. The standard InChI is InChI=1S/C16H22N2OS/c1-2-13-7-4-3-5-12-18(13)16(19)15-10-9-14(20-15)8-6-11-17/h9-10,13H,2-5,7,11-12,17H2,1H3. The smallest absolute Gasteiger partial charge is 0.264 e. The fourth-order valence-corrected chi connectivity index (χ4v) is 3.51. The van der Waals surface area contributed by atoms with Crippen LogP contribution in [0.1, 0.15) is 53.6 Å². The summed E-state index contributed by atoms with van der Waals surface area (Å²) in [5.74, 6) is 5.99. The lowest BCUT2D eigenvalue weighted by atomic mass is 10.1. The Labute approximate surface area is 125 Å². The zero-order valence-electron chi connectivity index (χ0n) is 12.0. The van der Waals surface area contributed by atoms with Gasteiger partial charge in [-0.25, -0.2) is 0 Å². The van der Waals surface area contributed by atoms with Crippen LogP contribution in [0.15, 0.2) is 12.1 Å². The van der Waals surface area contributed by atoms with E-state index >= 15 is 0 Å². The van der Waals surface area contributed by atoms with Gasteiger partial charge in [0, 0.05) is 12.6 Å². The molecule has 0 aromatic carbocycles. The number of hydrogen-bond donors (Lipinski definition) is 1. The number of nitrogens with two attached hydrogens (primary N) is 1.